The van der Waals surface area contributed by atoms with Gasteiger partial charge < -0.3 is 5.32 Å². The standard InChI is InChI=1S/C13H16N2OS2/c16-18(9-10-5-3-4-8-14-10)13-15-11-6-1-2-7-12(11)17-13/h1-2,6-7,10,14H,3-5,8-9H2. The van der Waals surface area contributed by atoms with Crippen molar-refractivity contribution in [1.29, 1.82) is 0 Å². The number of nitrogens with one attached hydrogen (secondary N) is 1. The van der Waals surface area contributed by atoms with Crippen LogP contribution in [0.4, 0.5) is 0 Å². The second-order valence-electron chi connectivity index (χ2n) is 4.61. The van der Waals surface area contributed by atoms with Crippen LogP contribution in [0.2, 0.25) is 0 Å². The summed E-state index contributed by atoms with van der Waals surface area (Å²) in [6.07, 6.45) is 3.62. The van der Waals surface area contributed by atoms with Gasteiger partial charge in [-0.15, -0.1) is 11.3 Å². The molecule has 5 heteroatoms. The predicted molar refractivity (Wildman–Crippen MR) is 76.5 cm³/mol. The fourth-order valence-corrected chi connectivity index (χ4v) is 4.80. The lowest BCUT2D eigenvalue weighted by molar-refractivity contribution is 0.427. The minimum absolute atomic E-state index is 0.395. The molecular formula is C13H16N2OS2. The Morgan fingerprint density at radius 3 is 3.06 bits per heavy atom. The third kappa shape index (κ3) is 2.63. The highest BCUT2D eigenvalue weighted by Gasteiger charge is 2.18. The molecule has 1 aromatic heterocycles. The third-order valence-electron chi connectivity index (χ3n) is 3.23. The highest BCUT2D eigenvalue weighted by molar-refractivity contribution is 7.87. The van der Waals surface area contributed by atoms with Crippen LogP contribution in [0.3, 0.4) is 0 Å². The maximum atomic E-state index is 12.3. The zero-order chi connectivity index (χ0) is 12.4. The van der Waals surface area contributed by atoms with E-state index in [2.05, 4.69) is 10.3 Å². The second kappa shape index (κ2) is 5.47. The quantitative estimate of drug-likeness (QED) is 0.939. The fourth-order valence-electron chi connectivity index (χ4n) is 2.27. The van der Waals surface area contributed by atoms with Gasteiger partial charge in [-0.25, -0.2) is 4.98 Å². The van der Waals surface area contributed by atoms with Crippen LogP contribution in [0.1, 0.15) is 19.3 Å². The van der Waals surface area contributed by atoms with Crippen molar-refractivity contribution in [3.05, 3.63) is 24.3 Å². The van der Waals surface area contributed by atoms with Crippen LogP contribution in [-0.2, 0) is 10.8 Å². The average Bonchev–Trinajstić information content (AvgIpc) is 2.84. The summed E-state index contributed by atoms with van der Waals surface area (Å²) in [5.74, 6) is 0.694. The number of aromatic nitrogens is 1. The molecule has 0 radical (unpaired) electrons. The Balaban J connectivity index is 1.74. The van der Waals surface area contributed by atoms with Gasteiger partial charge in [0, 0.05) is 11.8 Å². The third-order valence-corrected chi connectivity index (χ3v) is 6.06. The van der Waals surface area contributed by atoms with Crippen molar-refractivity contribution in [3.63, 3.8) is 0 Å². The summed E-state index contributed by atoms with van der Waals surface area (Å²) in [6, 6.07) is 8.37. The molecule has 2 unspecified atom stereocenters. The number of benzene rings is 1. The van der Waals surface area contributed by atoms with Gasteiger partial charge in [-0.1, -0.05) is 18.6 Å². The molecule has 2 atom stereocenters. The number of hydrogen-bond acceptors (Lipinski definition) is 4. The Morgan fingerprint density at radius 1 is 1.39 bits per heavy atom. The molecule has 1 aromatic carbocycles. The van der Waals surface area contributed by atoms with Crippen LogP contribution >= 0.6 is 11.3 Å². The van der Waals surface area contributed by atoms with Gasteiger partial charge in [0.15, 0.2) is 4.34 Å². The van der Waals surface area contributed by atoms with Gasteiger partial charge in [0.25, 0.3) is 0 Å². The number of rotatable bonds is 3. The topological polar surface area (TPSA) is 42.0 Å². The maximum absolute atomic E-state index is 12.3. The largest absolute Gasteiger partial charge is 0.313 e. The minimum atomic E-state index is -0.969. The van der Waals surface area contributed by atoms with E-state index in [-0.39, 0.29) is 0 Å². The molecule has 1 aliphatic rings. The van der Waals surface area contributed by atoms with Crippen molar-refractivity contribution < 1.29 is 4.21 Å². The van der Waals surface area contributed by atoms with Crippen molar-refractivity contribution >= 4 is 32.4 Å². The predicted octanol–water partition coefficient (Wildman–Crippen LogP) is 2.55. The van der Waals surface area contributed by atoms with Crippen LogP contribution in [0.5, 0.6) is 0 Å². The van der Waals surface area contributed by atoms with Crippen LogP contribution in [0.25, 0.3) is 10.2 Å². The van der Waals surface area contributed by atoms with Crippen molar-refractivity contribution in [1.82, 2.24) is 10.3 Å². The van der Waals surface area contributed by atoms with Gasteiger partial charge in [0.2, 0.25) is 0 Å². The van der Waals surface area contributed by atoms with Gasteiger partial charge in [0.05, 0.1) is 21.0 Å². The molecule has 96 valence electrons. The number of thiazole rings is 1. The summed E-state index contributed by atoms with van der Waals surface area (Å²) < 4.78 is 14.2. The smallest absolute Gasteiger partial charge is 0.181 e. The lowest BCUT2D eigenvalue weighted by atomic mass is 10.1. The highest BCUT2D eigenvalue weighted by Crippen LogP contribution is 2.24. The number of para-hydroxylation sites is 1. The molecular weight excluding hydrogens is 264 g/mol. The SMILES string of the molecule is O=S(CC1CCCCN1)c1nc2ccccc2s1. The zero-order valence-electron chi connectivity index (χ0n) is 10.1. The maximum Gasteiger partial charge on any atom is 0.181 e. The average molecular weight is 280 g/mol. The summed E-state index contributed by atoms with van der Waals surface area (Å²) in [5.41, 5.74) is 0.961. The Labute approximate surface area is 113 Å². The highest BCUT2D eigenvalue weighted by atomic mass is 32.2. The molecule has 18 heavy (non-hydrogen) atoms. The van der Waals surface area contributed by atoms with Crippen molar-refractivity contribution in [2.75, 3.05) is 12.3 Å². The summed E-state index contributed by atoms with van der Waals surface area (Å²) in [5, 5.41) is 3.44. The van der Waals surface area contributed by atoms with E-state index in [0.29, 0.717) is 11.8 Å². The van der Waals surface area contributed by atoms with E-state index in [0.717, 1.165) is 27.5 Å². The summed E-state index contributed by atoms with van der Waals surface area (Å²) >= 11 is 1.55. The van der Waals surface area contributed by atoms with Crippen molar-refractivity contribution in [3.8, 4) is 0 Å². The van der Waals surface area contributed by atoms with Gasteiger partial charge in [-0.3, -0.25) is 4.21 Å². The van der Waals surface area contributed by atoms with E-state index in [1.807, 2.05) is 24.3 Å². The Kier molecular flexibility index (Phi) is 3.72. The molecule has 0 spiro atoms. The molecule has 0 aliphatic carbocycles. The lowest BCUT2D eigenvalue weighted by Gasteiger charge is -2.22. The Hall–Kier alpha value is -0.780. The monoisotopic (exact) mass is 280 g/mol. The van der Waals surface area contributed by atoms with E-state index in [9.17, 15) is 4.21 Å². The van der Waals surface area contributed by atoms with E-state index >= 15 is 0 Å². The first-order valence-corrected chi connectivity index (χ1v) is 8.44. The summed E-state index contributed by atoms with van der Waals surface area (Å²) in [6.45, 7) is 1.06. The minimum Gasteiger partial charge on any atom is -0.313 e. The van der Waals surface area contributed by atoms with E-state index < -0.39 is 10.8 Å². The molecule has 3 nitrogen and oxygen atoms in total. The number of hydrogen-bond donors (Lipinski definition) is 1. The number of fused-ring (bicyclic) bond motifs is 1. The van der Waals surface area contributed by atoms with E-state index in [1.54, 1.807) is 11.3 Å². The molecule has 1 fully saturated rings. The molecule has 0 amide bonds. The Bertz CT molecular complexity index is 528. The lowest BCUT2D eigenvalue weighted by Crippen LogP contribution is -2.38. The van der Waals surface area contributed by atoms with Crippen LogP contribution in [-0.4, -0.2) is 27.5 Å². The molecule has 2 heterocycles. The van der Waals surface area contributed by atoms with Gasteiger partial charge >= 0.3 is 0 Å². The molecule has 1 aliphatic heterocycles. The Morgan fingerprint density at radius 2 is 2.28 bits per heavy atom. The number of piperidine rings is 1. The van der Waals surface area contributed by atoms with E-state index in [1.165, 1.54) is 12.8 Å². The summed E-state index contributed by atoms with van der Waals surface area (Å²) in [7, 11) is -0.969. The van der Waals surface area contributed by atoms with E-state index in [4.69, 9.17) is 0 Å². The summed E-state index contributed by atoms with van der Waals surface area (Å²) in [4.78, 5) is 4.47. The normalized spacial score (nSPS) is 22.1. The first kappa shape index (κ1) is 12.3. The first-order chi connectivity index (χ1) is 8.83. The molecule has 3 rings (SSSR count). The van der Waals surface area contributed by atoms with Crippen molar-refractivity contribution in [2.24, 2.45) is 0 Å². The van der Waals surface area contributed by atoms with Gasteiger partial charge in [-0.05, 0) is 31.5 Å². The molecule has 1 saturated heterocycles. The van der Waals surface area contributed by atoms with Gasteiger partial charge in [0.1, 0.15) is 0 Å². The zero-order valence-corrected chi connectivity index (χ0v) is 11.7. The molecule has 0 bridgehead atoms. The van der Waals surface area contributed by atoms with Crippen LogP contribution in [0.15, 0.2) is 28.6 Å². The second-order valence-corrected chi connectivity index (χ2v) is 7.31. The molecule has 1 N–H and O–H groups in total. The number of nitrogens with zero attached hydrogens (tertiary/aromatic N) is 1. The van der Waals surface area contributed by atoms with Crippen LogP contribution < -0.4 is 5.32 Å². The molecule has 0 saturated carbocycles. The first-order valence-electron chi connectivity index (χ1n) is 6.30. The fraction of sp³-hybridized carbons (Fsp3) is 0.462. The van der Waals surface area contributed by atoms with Gasteiger partial charge in [-0.2, -0.15) is 0 Å². The van der Waals surface area contributed by atoms with Crippen LogP contribution in [0, 0.1) is 0 Å². The molecule has 2 aromatic rings. The van der Waals surface area contributed by atoms with Crippen molar-refractivity contribution in [2.45, 2.75) is 29.6 Å².